The summed E-state index contributed by atoms with van der Waals surface area (Å²) in [6, 6.07) is 0.382. The van der Waals surface area contributed by atoms with Gasteiger partial charge in [0.05, 0.1) is 0 Å². The summed E-state index contributed by atoms with van der Waals surface area (Å²) in [7, 11) is 0. The lowest BCUT2D eigenvalue weighted by Crippen LogP contribution is -2.46. The molecule has 0 bridgehead atoms. The maximum atomic E-state index is 12.1. The van der Waals surface area contributed by atoms with E-state index in [1.54, 1.807) is 0 Å². The molecule has 92 valence electrons. The van der Waals surface area contributed by atoms with E-state index in [2.05, 4.69) is 12.2 Å². The summed E-state index contributed by atoms with van der Waals surface area (Å²) in [4.78, 5) is 12.1. The van der Waals surface area contributed by atoms with E-state index in [1.165, 1.54) is 19.3 Å². The van der Waals surface area contributed by atoms with Gasteiger partial charge in [-0.2, -0.15) is 0 Å². The molecule has 0 radical (unpaired) electrons. The van der Waals surface area contributed by atoms with E-state index >= 15 is 0 Å². The molecule has 0 atom stereocenters. The Labute approximate surface area is 98.2 Å². The molecular formula is C13H24N2O. The SMILES string of the molecule is CC1(C(=O)NCC2CC(N)C2)CCCCC1. The molecule has 0 aromatic rings. The van der Waals surface area contributed by atoms with Crippen LogP contribution in [0.4, 0.5) is 0 Å². The molecule has 0 saturated heterocycles. The zero-order chi connectivity index (χ0) is 11.6. The number of rotatable bonds is 3. The van der Waals surface area contributed by atoms with E-state index in [4.69, 9.17) is 5.73 Å². The zero-order valence-electron chi connectivity index (χ0n) is 10.3. The van der Waals surface area contributed by atoms with Crippen LogP contribution in [0.5, 0.6) is 0 Å². The van der Waals surface area contributed by atoms with Crippen molar-refractivity contribution < 1.29 is 4.79 Å². The molecular weight excluding hydrogens is 200 g/mol. The highest BCUT2D eigenvalue weighted by Crippen LogP contribution is 2.36. The first-order chi connectivity index (χ1) is 7.60. The quantitative estimate of drug-likeness (QED) is 0.768. The average molecular weight is 224 g/mol. The number of nitrogens with two attached hydrogens (primary N) is 1. The van der Waals surface area contributed by atoms with E-state index in [1.807, 2.05) is 0 Å². The number of amides is 1. The Morgan fingerprint density at radius 2 is 1.94 bits per heavy atom. The van der Waals surface area contributed by atoms with Crippen molar-refractivity contribution in [1.29, 1.82) is 0 Å². The van der Waals surface area contributed by atoms with Crippen molar-refractivity contribution in [2.45, 2.75) is 57.9 Å². The van der Waals surface area contributed by atoms with Crippen LogP contribution in [0.3, 0.4) is 0 Å². The van der Waals surface area contributed by atoms with Crippen LogP contribution in [0, 0.1) is 11.3 Å². The Bertz CT molecular complexity index is 253. The Hall–Kier alpha value is -0.570. The fraction of sp³-hybridized carbons (Fsp3) is 0.923. The van der Waals surface area contributed by atoms with Crippen LogP contribution in [0.25, 0.3) is 0 Å². The smallest absolute Gasteiger partial charge is 0.225 e. The first-order valence-corrected chi connectivity index (χ1v) is 6.64. The molecule has 2 saturated carbocycles. The van der Waals surface area contributed by atoms with Crippen molar-refractivity contribution in [2.24, 2.45) is 17.1 Å². The largest absolute Gasteiger partial charge is 0.355 e. The molecule has 3 nitrogen and oxygen atoms in total. The number of hydrogen-bond donors (Lipinski definition) is 2. The van der Waals surface area contributed by atoms with E-state index in [-0.39, 0.29) is 11.3 Å². The van der Waals surface area contributed by atoms with Gasteiger partial charge in [0.2, 0.25) is 5.91 Å². The molecule has 3 heteroatoms. The monoisotopic (exact) mass is 224 g/mol. The Balaban J connectivity index is 1.74. The second kappa shape index (κ2) is 4.74. The van der Waals surface area contributed by atoms with Gasteiger partial charge < -0.3 is 11.1 Å². The Morgan fingerprint density at radius 3 is 2.50 bits per heavy atom. The average Bonchev–Trinajstić information content (AvgIpc) is 2.23. The standard InChI is InChI=1S/C13H24N2O/c1-13(5-3-2-4-6-13)12(16)15-9-10-7-11(14)8-10/h10-11H,2-9,14H2,1H3,(H,15,16). The van der Waals surface area contributed by atoms with Crippen LogP contribution < -0.4 is 11.1 Å². The van der Waals surface area contributed by atoms with Gasteiger partial charge in [-0.1, -0.05) is 26.2 Å². The van der Waals surface area contributed by atoms with Crippen molar-refractivity contribution in [3.05, 3.63) is 0 Å². The molecule has 2 rings (SSSR count). The van der Waals surface area contributed by atoms with E-state index in [9.17, 15) is 4.79 Å². The summed E-state index contributed by atoms with van der Waals surface area (Å²) in [6.45, 7) is 2.95. The minimum Gasteiger partial charge on any atom is -0.355 e. The van der Waals surface area contributed by atoms with Gasteiger partial charge in [0, 0.05) is 18.0 Å². The zero-order valence-corrected chi connectivity index (χ0v) is 10.3. The third kappa shape index (κ3) is 2.57. The fourth-order valence-electron chi connectivity index (χ4n) is 2.96. The van der Waals surface area contributed by atoms with Crippen molar-refractivity contribution in [2.75, 3.05) is 6.54 Å². The molecule has 0 aromatic carbocycles. The molecule has 2 fully saturated rings. The van der Waals surface area contributed by atoms with E-state index in [0.717, 1.165) is 32.2 Å². The highest BCUT2D eigenvalue weighted by Gasteiger charge is 2.35. The molecule has 0 heterocycles. The van der Waals surface area contributed by atoms with Crippen LogP contribution in [-0.4, -0.2) is 18.5 Å². The van der Waals surface area contributed by atoms with E-state index < -0.39 is 0 Å². The molecule has 0 aliphatic heterocycles. The maximum Gasteiger partial charge on any atom is 0.225 e. The molecule has 16 heavy (non-hydrogen) atoms. The van der Waals surface area contributed by atoms with Gasteiger partial charge in [-0.05, 0) is 31.6 Å². The predicted molar refractivity (Wildman–Crippen MR) is 64.9 cm³/mol. The minimum absolute atomic E-state index is 0.0931. The molecule has 0 spiro atoms. The second-order valence-electron chi connectivity index (χ2n) is 5.93. The molecule has 3 N–H and O–H groups in total. The summed E-state index contributed by atoms with van der Waals surface area (Å²) >= 11 is 0. The highest BCUT2D eigenvalue weighted by atomic mass is 16.2. The van der Waals surface area contributed by atoms with E-state index in [0.29, 0.717) is 12.0 Å². The maximum absolute atomic E-state index is 12.1. The molecule has 2 aliphatic rings. The summed E-state index contributed by atoms with van der Waals surface area (Å²) in [5, 5.41) is 3.12. The summed E-state index contributed by atoms with van der Waals surface area (Å²) < 4.78 is 0. The lowest BCUT2D eigenvalue weighted by molar-refractivity contribution is -0.132. The second-order valence-corrected chi connectivity index (χ2v) is 5.93. The predicted octanol–water partition coefficient (Wildman–Crippen LogP) is 1.81. The van der Waals surface area contributed by atoms with Crippen molar-refractivity contribution in [3.8, 4) is 0 Å². The number of hydrogen-bond acceptors (Lipinski definition) is 2. The van der Waals surface area contributed by atoms with Crippen molar-refractivity contribution in [1.82, 2.24) is 5.32 Å². The Kier molecular flexibility index (Phi) is 3.53. The van der Waals surface area contributed by atoms with Gasteiger partial charge in [0.1, 0.15) is 0 Å². The molecule has 0 unspecified atom stereocenters. The molecule has 2 aliphatic carbocycles. The summed E-state index contributed by atoms with van der Waals surface area (Å²) in [5.74, 6) is 0.902. The van der Waals surface area contributed by atoms with Crippen molar-refractivity contribution >= 4 is 5.91 Å². The summed E-state index contributed by atoms with van der Waals surface area (Å²) in [5.41, 5.74) is 5.64. The van der Waals surface area contributed by atoms with Gasteiger partial charge in [-0.3, -0.25) is 4.79 Å². The van der Waals surface area contributed by atoms with Crippen molar-refractivity contribution in [3.63, 3.8) is 0 Å². The Morgan fingerprint density at radius 1 is 1.31 bits per heavy atom. The fourth-order valence-corrected chi connectivity index (χ4v) is 2.96. The third-order valence-corrected chi connectivity index (χ3v) is 4.33. The first kappa shape index (κ1) is 11.9. The van der Waals surface area contributed by atoms with Crippen LogP contribution >= 0.6 is 0 Å². The third-order valence-electron chi connectivity index (χ3n) is 4.33. The molecule has 1 amide bonds. The minimum atomic E-state index is -0.0931. The lowest BCUT2D eigenvalue weighted by atomic mass is 9.74. The van der Waals surface area contributed by atoms with Crippen LogP contribution in [0.15, 0.2) is 0 Å². The summed E-state index contributed by atoms with van der Waals surface area (Å²) in [6.07, 6.45) is 7.98. The molecule has 0 aromatic heterocycles. The number of carbonyl (C=O) groups is 1. The van der Waals surface area contributed by atoms with Gasteiger partial charge in [0.15, 0.2) is 0 Å². The lowest BCUT2D eigenvalue weighted by Gasteiger charge is -2.35. The topological polar surface area (TPSA) is 55.1 Å². The normalized spacial score (nSPS) is 32.9. The number of nitrogens with one attached hydrogen (secondary N) is 1. The van der Waals surface area contributed by atoms with Gasteiger partial charge in [0.25, 0.3) is 0 Å². The highest BCUT2D eigenvalue weighted by molar-refractivity contribution is 5.82. The van der Waals surface area contributed by atoms with Gasteiger partial charge >= 0.3 is 0 Å². The first-order valence-electron chi connectivity index (χ1n) is 6.64. The van der Waals surface area contributed by atoms with Crippen LogP contribution in [0.2, 0.25) is 0 Å². The van der Waals surface area contributed by atoms with Gasteiger partial charge in [-0.25, -0.2) is 0 Å². The number of carbonyl (C=O) groups excluding carboxylic acids is 1. The van der Waals surface area contributed by atoms with Gasteiger partial charge in [-0.15, -0.1) is 0 Å². The van der Waals surface area contributed by atoms with Crippen LogP contribution in [0.1, 0.15) is 51.9 Å². The van der Waals surface area contributed by atoms with Crippen LogP contribution in [-0.2, 0) is 4.79 Å².